The first-order chi connectivity index (χ1) is 7.97. The van der Waals surface area contributed by atoms with Gasteiger partial charge in [0.2, 0.25) is 5.91 Å². The number of carbonyl (C=O) groups is 1. The monoisotopic (exact) mass is 254 g/mol. The average Bonchev–Trinajstić information content (AvgIpc) is 2.27. The van der Waals surface area contributed by atoms with Crippen molar-refractivity contribution in [3.63, 3.8) is 0 Å². The first kappa shape index (κ1) is 13.7. The molecule has 94 valence electrons. The number of carbonyl (C=O) groups excluding carboxylic acids is 1. The highest BCUT2D eigenvalue weighted by molar-refractivity contribution is 7.86. The number of nitrogens with two attached hydrogens (primary N) is 1. The van der Waals surface area contributed by atoms with E-state index in [-0.39, 0.29) is 5.91 Å². The second kappa shape index (κ2) is 5.82. The van der Waals surface area contributed by atoms with Gasteiger partial charge in [0, 0.05) is 17.1 Å². The summed E-state index contributed by atoms with van der Waals surface area (Å²) in [7, 11) is -1.35. The molecule has 0 bridgehead atoms. The van der Waals surface area contributed by atoms with Crippen molar-refractivity contribution in [3.8, 4) is 0 Å². The molecule has 1 aromatic rings. The third kappa shape index (κ3) is 3.30. The van der Waals surface area contributed by atoms with Gasteiger partial charge in [0.25, 0.3) is 0 Å². The van der Waals surface area contributed by atoms with Crippen molar-refractivity contribution in [2.24, 2.45) is 0 Å². The van der Waals surface area contributed by atoms with Gasteiger partial charge in [-0.1, -0.05) is 0 Å². The number of hydrogen-bond acceptors (Lipinski definition) is 3. The Labute approximate surface area is 104 Å². The topological polar surface area (TPSA) is 72.2 Å². The largest absolute Gasteiger partial charge is 0.399 e. The van der Waals surface area contributed by atoms with Gasteiger partial charge in [0.15, 0.2) is 0 Å². The van der Waals surface area contributed by atoms with Crippen LogP contribution in [0.4, 0.5) is 5.69 Å². The minimum absolute atomic E-state index is 0.193. The van der Waals surface area contributed by atoms with Crippen molar-refractivity contribution in [1.29, 1.82) is 0 Å². The fourth-order valence-corrected chi connectivity index (χ4v) is 2.74. The molecule has 2 atom stereocenters. The van der Waals surface area contributed by atoms with Gasteiger partial charge in [-0.25, -0.2) is 0 Å². The zero-order chi connectivity index (χ0) is 13.0. The number of hydrogen-bond donors (Lipinski definition) is 2. The Balaban J connectivity index is 2.92. The number of rotatable bonds is 4. The highest BCUT2D eigenvalue weighted by Gasteiger charge is 2.21. The molecular weight excluding hydrogens is 236 g/mol. The molecule has 0 fully saturated rings. The number of nitrogens with one attached hydrogen (secondary N) is 1. The Kier molecular flexibility index (Phi) is 4.69. The molecule has 1 rings (SSSR count). The molecule has 3 N–H and O–H groups in total. The van der Waals surface area contributed by atoms with E-state index in [1.165, 1.54) is 0 Å². The van der Waals surface area contributed by atoms with Crippen LogP contribution in [0.5, 0.6) is 0 Å². The molecule has 0 aromatic heterocycles. The lowest BCUT2D eigenvalue weighted by molar-refractivity contribution is -0.120. The van der Waals surface area contributed by atoms with Crippen LogP contribution in [-0.4, -0.2) is 21.9 Å². The minimum atomic E-state index is -1.35. The summed E-state index contributed by atoms with van der Waals surface area (Å²) >= 11 is 0. The van der Waals surface area contributed by atoms with Gasteiger partial charge in [0.05, 0.1) is 10.8 Å². The zero-order valence-electron chi connectivity index (χ0n) is 10.3. The highest BCUT2D eigenvalue weighted by Crippen LogP contribution is 2.19. The van der Waals surface area contributed by atoms with Crippen molar-refractivity contribution in [3.05, 3.63) is 23.8 Å². The van der Waals surface area contributed by atoms with E-state index in [2.05, 4.69) is 5.32 Å². The Morgan fingerprint density at radius 2 is 2.18 bits per heavy atom. The van der Waals surface area contributed by atoms with Crippen LogP contribution in [0.25, 0.3) is 0 Å². The molecule has 0 radical (unpaired) electrons. The summed E-state index contributed by atoms with van der Waals surface area (Å²) in [5.74, 6) is -0.193. The average molecular weight is 254 g/mol. The Morgan fingerprint density at radius 1 is 1.53 bits per heavy atom. The maximum absolute atomic E-state index is 12.2. The Bertz CT molecular complexity index is 446. The van der Waals surface area contributed by atoms with E-state index in [1.54, 1.807) is 25.1 Å². The van der Waals surface area contributed by atoms with E-state index >= 15 is 0 Å². The van der Waals surface area contributed by atoms with Crippen LogP contribution in [0.2, 0.25) is 0 Å². The molecular formula is C12H18N2O2S. The lowest BCUT2D eigenvalue weighted by atomic mass is 10.2. The van der Waals surface area contributed by atoms with Crippen molar-refractivity contribution in [1.82, 2.24) is 5.32 Å². The number of benzene rings is 1. The summed E-state index contributed by atoms with van der Waals surface area (Å²) in [5.41, 5.74) is 7.11. The summed E-state index contributed by atoms with van der Waals surface area (Å²) in [4.78, 5) is 12.3. The zero-order valence-corrected chi connectivity index (χ0v) is 11.1. The molecule has 0 spiro atoms. The number of anilines is 1. The Hall–Kier alpha value is -1.36. The van der Waals surface area contributed by atoms with Crippen LogP contribution in [0.15, 0.2) is 23.1 Å². The molecule has 2 unspecified atom stereocenters. The normalized spacial score (nSPS) is 14.1. The van der Waals surface area contributed by atoms with E-state index in [4.69, 9.17) is 5.73 Å². The standard InChI is InChI=1S/C12H18N2O2S/c1-4-14-12(15)9(3)17(16)11-6-5-10(13)7-8(11)2/h5-7,9H,4,13H2,1-3H3,(H,14,15). The van der Waals surface area contributed by atoms with Gasteiger partial charge >= 0.3 is 0 Å². The highest BCUT2D eigenvalue weighted by atomic mass is 32.2. The van der Waals surface area contributed by atoms with Crippen molar-refractivity contribution < 1.29 is 9.00 Å². The van der Waals surface area contributed by atoms with Gasteiger partial charge in [-0.2, -0.15) is 0 Å². The third-order valence-corrected chi connectivity index (χ3v) is 4.20. The minimum Gasteiger partial charge on any atom is -0.399 e. The predicted molar refractivity (Wildman–Crippen MR) is 70.1 cm³/mol. The van der Waals surface area contributed by atoms with Crippen LogP contribution < -0.4 is 11.1 Å². The lowest BCUT2D eigenvalue weighted by Crippen LogP contribution is -2.35. The molecule has 0 aliphatic carbocycles. The fraction of sp³-hybridized carbons (Fsp3) is 0.417. The van der Waals surface area contributed by atoms with Crippen molar-refractivity contribution in [2.75, 3.05) is 12.3 Å². The van der Waals surface area contributed by atoms with Crippen LogP contribution in [-0.2, 0) is 15.6 Å². The molecule has 1 aromatic carbocycles. The van der Waals surface area contributed by atoms with Gasteiger partial charge in [-0.15, -0.1) is 0 Å². The molecule has 0 heterocycles. The van der Waals surface area contributed by atoms with E-state index in [0.29, 0.717) is 17.1 Å². The SMILES string of the molecule is CCNC(=O)C(C)S(=O)c1ccc(N)cc1C. The van der Waals surface area contributed by atoms with Crippen LogP contribution in [0.1, 0.15) is 19.4 Å². The number of nitrogen functional groups attached to an aromatic ring is 1. The number of aryl methyl sites for hydroxylation is 1. The lowest BCUT2D eigenvalue weighted by Gasteiger charge is -2.13. The molecule has 4 nitrogen and oxygen atoms in total. The quantitative estimate of drug-likeness (QED) is 0.793. The smallest absolute Gasteiger partial charge is 0.235 e. The van der Waals surface area contributed by atoms with Crippen molar-refractivity contribution >= 4 is 22.4 Å². The molecule has 0 aliphatic heterocycles. The summed E-state index contributed by atoms with van der Waals surface area (Å²) in [6.07, 6.45) is 0. The molecule has 17 heavy (non-hydrogen) atoms. The summed E-state index contributed by atoms with van der Waals surface area (Å²) in [5, 5.41) is 2.11. The predicted octanol–water partition coefficient (Wildman–Crippen LogP) is 1.21. The van der Waals surface area contributed by atoms with E-state index in [1.807, 2.05) is 13.8 Å². The fourth-order valence-electron chi connectivity index (χ4n) is 1.50. The number of amides is 1. The third-order valence-electron chi connectivity index (χ3n) is 2.46. The maximum Gasteiger partial charge on any atom is 0.235 e. The molecule has 0 saturated heterocycles. The first-order valence-corrected chi connectivity index (χ1v) is 6.73. The Morgan fingerprint density at radius 3 is 2.71 bits per heavy atom. The maximum atomic E-state index is 12.2. The van der Waals surface area contributed by atoms with Gasteiger partial charge in [-0.3, -0.25) is 9.00 Å². The van der Waals surface area contributed by atoms with Gasteiger partial charge in [-0.05, 0) is 44.5 Å². The van der Waals surface area contributed by atoms with E-state index in [0.717, 1.165) is 5.56 Å². The molecule has 0 saturated carbocycles. The van der Waals surface area contributed by atoms with E-state index in [9.17, 15) is 9.00 Å². The summed E-state index contributed by atoms with van der Waals surface area (Å²) in [6.45, 7) is 5.88. The molecule has 0 aliphatic rings. The van der Waals surface area contributed by atoms with Gasteiger partial charge < -0.3 is 11.1 Å². The summed E-state index contributed by atoms with van der Waals surface area (Å²) in [6, 6.07) is 5.18. The van der Waals surface area contributed by atoms with E-state index < -0.39 is 16.0 Å². The van der Waals surface area contributed by atoms with Gasteiger partial charge in [0.1, 0.15) is 5.25 Å². The second-order valence-electron chi connectivity index (χ2n) is 3.86. The van der Waals surface area contributed by atoms with Crippen LogP contribution in [0.3, 0.4) is 0 Å². The molecule has 5 heteroatoms. The van der Waals surface area contributed by atoms with Crippen LogP contribution >= 0.6 is 0 Å². The van der Waals surface area contributed by atoms with Crippen molar-refractivity contribution in [2.45, 2.75) is 30.9 Å². The first-order valence-electron chi connectivity index (χ1n) is 5.51. The summed E-state index contributed by atoms with van der Waals surface area (Å²) < 4.78 is 12.2. The second-order valence-corrected chi connectivity index (χ2v) is 5.60. The van der Waals surface area contributed by atoms with Crippen LogP contribution in [0, 0.1) is 6.92 Å². The molecule has 1 amide bonds.